The van der Waals surface area contributed by atoms with E-state index in [1.54, 1.807) is 24.3 Å². The van der Waals surface area contributed by atoms with Crippen LogP contribution in [0.4, 0.5) is 8.78 Å². The highest BCUT2D eigenvalue weighted by molar-refractivity contribution is 7.99. The summed E-state index contributed by atoms with van der Waals surface area (Å²) in [6.07, 6.45) is -0.364. The van der Waals surface area contributed by atoms with Crippen molar-refractivity contribution in [3.05, 3.63) is 166 Å². The fourth-order valence-corrected chi connectivity index (χ4v) is 9.97. The largest absolute Gasteiger partial charge is 0.508 e. The van der Waals surface area contributed by atoms with Gasteiger partial charge in [0.15, 0.2) is 0 Å². The number of aromatic hydroxyl groups is 2. The molecule has 0 unspecified atom stereocenters. The third-order valence-corrected chi connectivity index (χ3v) is 14.3. The predicted octanol–water partition coefficient (Wildman–Crippen LogP) is 0.800. The van der Waals surface area contributed by atoms with Crippen LogP contribution in [0.1, 0.15) is 33.4 Å². The molecule has 1 aliphatic heterocycles. The van der Waals surface area contributed by atoms with E-state index in [2.05, 4.69) is 42.8 Å². The maximum atomic E-state index is 13.9. The summed E-state index contributed by atoms with van der Waals surface area (Å²) in [6, 6.07) is 21.9. The molecule has 5 aromatic rings. The number of hydrazine groups is 1. The smallest absolute Gasteiger partial charge is 0.261 e. The molecule has 0 aliphatic carbocycles. The quantitative estimate of drug-likeness (QED) is 0.0823. The van der Waals surface area contributed by atoms with Gasteiger partial charge in [0.25, 0.3) is 11.8 Å². The molecule has 0 spiro atoms. The van der Waals surface area contributed by atoms with E-state index in [9.17, 15) is 57.4 Å². The zero-order valence-corrected chi connectivity index (χ0v) is 43.6. The Bertz CT molecular complexity index is 2700. The molecule has 8 amide bonds. The fraction of sp³-hybridized carbons (Fsp3) is 0.296. The molecule has 1 heterocycles. The number of nitrogens with one attached hydrogen (secondary N) is 8. The number of hydrogen-bond acceptors (Lipinski definition) is 14. The van der Waals surface area contributed by atoms with Crippen molar-refractivity contribution < 1.29 is 57.4 Å². The van der Waals surface area contributed by atoms with Crippen LogP contribution in [0.15, 0.2) is 121 Å². The zero-order chi connectivity index (χ0) is 56.1. The number of fused-ring (bicyclic) bond motifs is 1. The van der Waals surface area contributed by atoms with Crippen LogP contribution in [-0.2, 0) is 75.5 Å². The Morgan fingerprint density at radius 2 is 0.872 bits per heavy atom. The van der Waals surface area contributed by atoms with Gasteiger partial charge in [-0.05, 0) is 94.8 Å². The van der Waals surface area contributed by atoms with Gasteiger partial charge in [-0.1, -0.05) is 72.8 Å². The number of carbonyl (C=O) groups is 8. The number of hydrogen-bond donors (Lipinski definition) is 12. The Kier molecular flexibility index (Phi) is 22.4. The highest BCUT2D eigenvalue weighted by Crippen LogP contribution is 2.23. The Morgan fingerprint density at radius 3 is 1.23 bits per heavy atom. The molecular weight excluding hydrogens is 1050 g/mol. The number of halogens is 2. The molecular formula is C54H60F2N10O10S2. The van der Waals surface area contributed by atoms with E-state index in [0.717, 1.165) is 35.4 Å². The molecule has 412 valence electrons. The molecule has 0 radical (unpaired) electrons. The molecule has 1 aliphatic rings. The average Bonchev–Trinajstić information content (AvgIpc) is 3.42. The lowest BCUT2D eigenvalue weighted by molar-refractivity contribution is -0.134. The second-order valence-electron chi connectivity index (χ2n) is 18.2. The van der Waals surface area contributed by atoms with Gasteiger partial charge in [-0.15, -0.1) is 0 Å². The molecule has 0 bridgehead atoms. The normalized spacial score (nSPS) is 19.4. The first-order valence-corrected chi connectivity index (χ1v) is 26.8. The summed E-state index contributed by atoms with van der Waals surface area (Å²) < 4.78 is 27.8. The van der Waals surface area contributed by atoms with Crippen LogP contribution in [-0.4, -0.2) is 118 Å². The molecule has 0 saturated carbocycles. The molecule has 78 heavy (non-hydrogen) atoms. The summed E-state index contributed by atoms with van der Waals surface area (Å²) in [7, 11) is 0. The SMILES string of the molecule is N[C@@H](Cc1ccc(O)cc1)C(=O)N[C@@H]1CSCc2ccccc2CSC[C@@H](NC(=O)[C@@H](N)Cc2ccc(O)cc2)C(=O)NCC(=O)N[C@@H](Cc2ccc(F)cc2)C(=O)NNC(=O)[C@H](Cc2ccc(F)cc2)NC(=O)CNC1=O. The number of phenolic OH excluding ortho intramolecular Hbond substituents is 2. The molecule has 6 rings (SSSR count). The van der Waals surface area contributed by atoms with E-state index < -0.39 is 108 Å². The van der Waals surface area contributed by atoms with Crippen molar-refractivity contribution in [2.75, 3.05) is 24.6 Å². The van der Waals surface area contributed by atoms with Crippen molar-refractivity contribution in [3.63, 3.8) is 0 Å². The lowest BCUT2D eigenvalue weighted by Gasteiger charge is -2.23. The van der Waals surface area contributed by atoms with Crippen LogP contribution in [0, 0.1) is 11.6 Å². The fourth-order valence-electron chi connectivity index (χ4n) is 7.79. The van der Waals surface area contributed by atoms with Crippen molar-refractivity contribution in [2.24, 2.45) is 11.5 Å². The van der Waals surface area contributed by atoms with Crippen molar-refractivity contribution in [1.29, 1.82) is 0 Å². The van der Waals surface area contributed by atoms with Gasteiger partial charge in [-0.2, -0.15) is 23.5 Å². The summed E-state index contributed by atoms with van der Waals surface area (Å²) in [6.45, 7) is -1.38. The maximum absolute atomic E-state index is 13.9. The number of carbonyl (C=O) groups excluding carboxylic acids is 8. The first-order chi connectivity index (χ1) is 37.4. The minimum Gasteiger partial charge on any atom is -0.508 e. The van der Waals surface area contributed by atoms with Crippen LogP contribution in [0.25, 0.3) is 0 Å². The number of nitrogens with two attached hydrogens (primary N) is 2. The molecule has 0 aromatic heterocycles. The molecule has 0 fully saturated rings. The van der Waals surface area contributed by atoms with Crippen LogP contribution < -0.4 is 54.2 Å². The topological polar surface area (TPSA) is 325 Å². The molecule has 14 N–H and O–H groups in total. The summed E-state index contributed by atoms with van der Waals surface area (Å²) in [5, 5.41) is 34.9. The van der Waals surface area contributed by atoms with Crippen LogP contribution in [0.5, 0.6) is 11.5 Å². The average molecular weight is 1110 g/mol. The summed E-state index contributed by atoms with van der Waals surface area (Å²) >= 11 is 2.56. The maximum Gasteiger partial charge on any atom is 0.261 e. The second-order valence-corrected chi connectivity index (χ2v) is 20.3. The molecule has 5 aromatic carbocycles. The molecule has 6 atom stereocenters. The lowest BCUT2D eigenvalue weighted by atomic mass is 10.0. The predicted molar refractivity (Wildman–Crippen MR) is 289 cm³/mol. The van der Waals surface area contributed by atoms with Gasteiger partial charge in [0, 0.05) is 35.9 Å². The third-order valence-electron chi connectivity index (χ3n) is 12.1. The lowest BCUT2D eigenvalue weighted by Crippen LogP contribution is -2.59. The van der Waals surface area contributed by atoms with Gasteiger partial charge in [0.2, 0.25) is 35.4 Å². The third kappa shape index (κ3) is 19.2. The standard InChI is InChI=1S/C54H60F2N10O10S2/c55-37-13-5-33(6-14-37)23-43-53(75)65-66-54(76)44(24-34-7-15-38(56)16-8-34)62-48(70)26-60-52(74)46(64-50(72)42(58)22-32-11-19-40(68)20-12-32)30-78-28-36-4-2-1-3-35(36)27-77-29-45(51(73)59-25-47(69)61-43)63-49(71)41(57)21-31-9-17-39(67)18-10-31/h1-20,41-46,67-68H,21-30,57-58H2,(H,59,73)(H,60,74)(H,61,69)(H,62,70)(H,63,71)(H,64,72)(H,65,75)(H,66,76)/t41-,42-,43-,44-,45+,46+/m0/s1. The van der Waals surface area contributed by atoms with E-state index in [1.165, 1.54) is 72.1 Å². The molecule has 0 saturated heterocycles. The van der Waals surface area contributed by atoms with Gasteiger partial charge in [0.05, 0.1) is 25.2 Å². The highest BCUT2D eigenvalue weighted by Gasteiger charge is 2.30. The Morgan fingerprint density at radius 1 is 0.526 bits per heavy atom. The summed E-state index contributed by atoms with van der Waals surface area (Å²) in [5.41, 5.74) is 20.7. The number of amides is 8. The van der Waals surface area contributed by atoms with E-state index in [1.807, 2.05) is 24.3 Å². The van der Waals surface area contributed by atoms with Gasteiger partial charge < -0.3 is 53.6 Å². The number of rotatable bonds is 12. The van der Waals surface area contributed by atoms with Gasteiger partial charge in [-0.25, -0.2) is 8.78 Å². The molecule has 24 heteroatoms. The van der Waals surface area contributed by atoms with Gasteiger partial charge >= 0.3 is 0 Å². The van der Waals surface area contributed by atoms with Crippen molar-refractivity contribution in [1.82, 2.24) is 42.8 Å². The minimum atomic E-state index is -1.46. The van der Waals surface area contributed by atoms with Crippen molar-refractivity contribution >= 4 is 70.8 Å². The summed E-state index contributed by atoms with van der Waals surface area (Å²) in [5.74, 6) is -7.13. The first-order valence-electron chi connectivity index (χ1n) is 24.5. The Labute approximate surface area is 456 Å². The van der Waals surface area contributed by atoms with Crippen molar-refractivity contribution in [3.8, 4) is 11.5 Å². The minimum absolute atomic E-state index is 0.0173. The van der Waals surface area contributed by atoms with E-state index >= 15 is 0 Å². The Hall–Kier alpha value is -8.06. The second kappa shape index (κ2) is 29.5. The number of benzene rings is 5. The number of thioether (sulfide) groups is 2. The van der Waals surface area contributed by atoms with Crippen LogP contribution in [0.3, 0.4) is 0 Å². The van der Waals surface area contributed by atoms with Crippen molar-refractivity contribution in [2.45, 2.75) is 73.4 Å². The monoisotopic (exact) mass is 1110 g/mol. The van der Waals surface area contributed by atoms with Crippen LogP contribution >= 0.6 is 23.5 Å². The summed E-state index contributed by atoms with van der Waals surface area (Å²) in [4.78, 5) is 110. The van der Waals surface area contributed by atoms with E-state index in [4.69, 9.17) is 11.5 Å². The highest BCUT2D eigenvalue weighted by atomic mass is 32.2. The Balaban J connectivity index is 1.26. The van der Waals surface area contributed by atoms with Crippen LogP contribution in [0.2, 0.25) is 0 Å². The van der Waals surface area contributed by atoms with Gasteiger partial charge in [0.1, 0.15) is 47.3 Å². The first kappa shape index (κ1) is 59.2. The number of phenols is 2. The molecule has 20 nitrogen and oxygen atoms in total. The van der Waals surface area contributed by atoms with E-state index in [0.29, 0.717) is 33.8 Å². The van der Waals surface area contributed by atoms with E-state index in [-0.39, 0.29) is 48.7 Å². The zero-order valence-electron chi connectivity index (χ0n) is 42.0. The van der Waals surface area contributed by atoms with Gasteiger partial charge in [-0.3, -0.25) is 49.2 Å².